The molecule has 2 saturated heterocycles. The number of likely N-dealkylation sites (tertiary alicyclic amines) is 1. The number of β-amino-alcohol motifs (C(OH)–C–C–N with tert-alkyl or cyclic N) is 1. The monoisotopic (exact) mass is 448 g/mol. The molecule has 5 heterocycles. The molecule has 172 valence electrons. The van der Waals surface area contributed by atoms with Crippen LogP contribution in [0, 0.1) is 0 Å². The Hall–Kier alpha value is -3.08. The molecule has 0 unspecified atom stereocenters. The first-order chi connectivity index (χ1) is 16.1. The lowest BCUT2D eigenvalue weighted by atomic mass is 10.2. The Morgan fingerprint density at radius 2 is 1.82 bits per heavy atom. The highest BCUT2D eigenvalue weighted by Gasteiger charge is 2.28. The molecule has 0 amide bonds. The summed E-state index contributed by atoms with van der Waals surface area (Å²) in [6, 6.07) is 8.11. The van der Waals surface area contributed by atoms with E-state index in [1.54, 1.807) is 0 Å². The third-order valence-corrected chi connectivity index (χ3v) is 6.54. The van der Waals surface area contributed by atoms with E-state index in [0.717, 1.165) is 59.2 Å². The van der Waals surface area contributed by atoms with Gasteiger partial charge in [-0.05, 0) is 12.1 Å². The second-order valence-electron chi connectivity index (χ2n) is 8.76. The fraction of sp³-hybridized carbons (Fsp3) is 0.478. The summed E-state index contributed by atoms with van der Waals surface area (Å²) in [7, 11) is 2.01. The number of para-hydroxylation sites is 2. The van der Waals surface area contributed by atoms with Crippen LogP contribution in [0.5, 0.6) is 0 Å². The lowest BCUT2D eigenvalue weighted by molar-refractivity contribution is -0.00463. The summed E-state index contributed by atoms with van der Waals surface area (Å²) in [5.41, 5.74) is 3.55. The van der Waals surface area contributed by atoms with Crippen molar-refractivity contribution in [2.75, 3.05) is 44.3 Å². The maximum Gasteiger partial charge on any atom is 0.239 e. The van der Waals surface area contributed by atoms with Crippen LogP contribution in [0.4, 0.5) is 5.82 Å². The van der Waals surface area contributed by atoms with Crippen LogP contribution in [0.2, 0.25) is 0 Å². The van der Waals surface area contributed by atoms with Crippen LogP contribution in [-0.4, -0.2) is 84.6 Å². The summed E-state index contributed by atoms with van der Waals surface area (Å²) >= 11 is 0. The van der Waals surface area contributed by atoms with Crippen molar-refractivity contribution in [1.29, 1.82) is 0 Å². The molecule has 0 saturated carbocycles. The Morgan fingerprint density at radius 1 is 1.03 bits per heavy atom. The Morgan fingerprint density at radius 3 is 2.58 bits per heavy atom. The Bertz CT molecular complexity index is 1320. The minimum atomic E-state index is -0.239. The summed E-state index contributed by atoms with van der Waals surface area (Å²) in [5, 5.41) is 9.68. The van der Waals surface area contributed by atoms with Gasteiger partial charge in [0.2, 0.25) is 5.95 Å². The summed E-state index contributed by atoms with van der Waals surface area (Å²) in [5.74, 6) is 3.30. The molecule has 3 aromatic heterocycles. The van der Waals surface area contributed by atoms with Gasteiger partial charge in [-0.1, -0.05) is 19.1 Å². The Balaban J connectivity index is 1.54. The van der Waals surface area contributed by atoms with Gasteiger partial charge in [-0.15, -0.1) is 0 Å². The van der Waals surface area contributed by atoms with Crippen LogP contribution >= 0.6 is 0 Å². The van der Waals surface area contributed by atoms with E-state index in [1.807, 2.05) is 25.2 Å². The number of aromatic nitrogens is 6. The number of nitrogens with zero attached hydrogens (tertiary/aromatic N) is 8. The third-order valence-electron chi connectivity index (χ3n) is 6.54. The second-order valence-corrected chi connectivity index (χ2v) is 8.76. The Labute approximate surface area is 191 Å². The number of fused-ring (bicyclic) bond motifs is 2. The highest BCUT2D eigenvalue weighted by Crippen LogP contribution is 2.29. The van der Waals surface area contributed by atoms with Gasteiger partial charge in [0.25, 0.3) is 0 Å². The first kappa shape index (κ1) is 20.5. The maximum atomic E-state index is 9.68. The molecule has 6 rings (SSSR count). The number of benzene rings is 1. The van der Waals surface area contributed by atoms with Gasteiger partial charge in [0.15, 0.2) is 17.0 Å². The molecular weight excluding hydrogens is 420 g/mol. The second kappa shape index (κ2) is 8.05. The van der Waals surface area contributed by atoms with E-state index in [2.05, 4.69) is 31.9 Å². The predicted octanol–water partition coefficient (Wildman–Crippen LogP) is 1.28. The third kappa shape index (κ3) is 3.45. The molecule has 0 bridgehead atoms. The van der Waals surface area contributed by atoms with Crippen LogP contribution in [0.1, 0.15) is 18.6 Å². The molecule has 1 N–H and O–H groups in total. The quantitative estimate of drug-likeness (QED) is 0.488. The van der Waals surface area contributed by atoms with Gasteiger partial charge >= 0.3 is 0 Å². The van der Waals surface area contributed by atoms with Gasteiger partial charge in [0, 0.05) is 39.6 Å². The molecule has 2 aliphatic heterocycles. The highest BCUT2D eigenvalue weighted by molar-refractivity contribution is 5.86. The summed E-state index contributed by atoms with van der Waals surface area (Å²) in [6.07, 6.45) is 0.536. The van der Waals surface area contributed by atoms with Crippen molar-refractivity contribution in [1.82, 2.24) is 34.0 Å². The number of aliphatic hydroxyl groups excluding tert-OH is 1. The molecule has 1 aromatic carbocycles. The minimum absolute atomic E-state index is 0.239. The zero-order valence-corrected chi connectivity index (χ0v) is 19.0. The normalized spacial score (nSPS) is 17.8. The first-order valence-corrected chi connectivity index (χ1v) is 11.6. The number of aryl methyl sites for hydroxylation is 2. The van der Waals surface area contributed by atoms with E-state index in [-0.39, 0.29) is 6.10 Å². The molecule has 4 aromatic rings. The number of hydrogen-bond donors (Lipinski definition) is 1. The number of aliphatic hydroxyl groups is 1. The van der Waals surface area contributed by atoms with Crippen LogP contribution in [-0.2, 0) is 24.8 Å². The SMILES string of the molecule is CCc1nc2ccccc2n1-c1nc(N2CCOCC2)c2nc(CN3CC(O)C3)n(C)c2n1. The summed E-state index contributed by atoms with van der Waals surface area (Å²) in [4.78, 5) is 24.3. The average Bonchev–Trinajstić information content (AvgIpc) is 3.35. The smallest absolute Gasteiger partial charge is 0.239 e. The number of ether oxygens (including phenoxy) is 1. The number of imidazole rings is 2. The van der Waals surface area contributed by atoms with Crippen molar-refractivity contribution in [3.63, 3.8) is 0 Å². The van der Waals surface area contributed by atoms with Crippen LogP contribution in [0.25, 0.3) is 28.1 Å². The van der Waals surface area contributed by atoms with Crippen molar-refractivity contribution in [2.24, 2.45) is 7.05 Å². The number of morpholine rings is 1. The molecule has 33 heavy (non-hydrogen) atoms. The number of hydrogen-bond acceptors (Lipinski definition) is 8. The van der Waals surface area contributed by atoms with Gasteiger partial charge in [-0.25, -0.2) is 9.97 Å². The van der Waals surface area contributed by atoms with Crippen LogP contribution in [0.15, 0.2) is 24.3 Å². The van der Waals surface area contributed by atoms with E-state index in [1.165, 1.54) is 0 Å². The molecular formula is C23H28N8O2. The van der Waals surface area contributed by atoms with Crippen molar-refractivity contribution < 1.29 is 9.84 Å². The zero-order chi connectivity index (χ0) is 22.5. The predicted molar refractivity (Wildman–Crippen MR) is 125 cm³/mol. The maximum absolute atomic E-state index is 9.68. The molecule has 0 atom stereocenters. The van der Waals surface area contributed by atoms with Gasteiger partial charge in [0.1, 0.15) is 11.6 Å². The van der Waals surface area contributed by atoms with E-state index < -0.39 is 0 Å². The molecule has 10 heteroatoms. The molecule has 2 fully saturated rings. The Kier molecular flexibility index (Phi) is 5.01. The van der Waals surface area contributed by atoms with E-state index in [0.29, 0.717) is 38.8 Å². The average molecular weight is 449 g/mol. The van der Waals surface area contributed by atoms with Gasteiger partial charge in [-0.2, -0.15) is 9.97 Å². The van der Waals surface area contributed by atoms with Gasteiger partial charge in [0.05, 0.1) is 36.9 Å². The minimum Gasteiger partial charge on any atom is -0.390 e. The molecule has 10 nitrogen and oxygen atoms in total. The fourth-order valence-electron chi connectivity index (χ4n) is 4.73. The molecule has 0 spiro atoms. The van der Waals surface area contributed by atoms with Crippen LogP contribution in [0.3, 0.4) is 0 Å². The highest BCUT2D eigenvalue weighted by atomic mass is 16.5. The summed E-state index contributed by atoms with van der Waals surface area (Å²) < 4.78 is 9.71. The molecule has 0 aliphatic carbocycles. The van der Waals surface area contributed by atoms with Gasteiger partial charge in [-0.3, -0.25) is 9.47 Å². The van der Waals surface area contributed by atoms with Crippen molar-refractivity contribution in [2.45, 2.75) is 26.0 Å². The topological polar surface area (TPSA) is 97.4 Å². The fourth-order valence-corrected chi connectivity index (χ4v) is 4.73. The largest absolute Gasteiger partial charge is 0.390 e. The van der Waals surface area contributed by atoms with Crippen molar-refractivity contribution in [3.8, 4) is 5.95 Å². The van der Waals surface area contributed by atoms with E-state index in [9.17, 15) is 5.11 Å². The van der Waals surface area contributed by atoms with Crippen molar-refractivity contribution in [3.05, 3.63) is 35.9 Å². The van der Waals surface area contributed by atoms with Gasteiger partial charge < -0.3 is 19.3 Å². The van der Waals surface area contributed by atoms with Crippen LogP contribution < -0.4 is 4.90 Å². The standard InChI is InChI=1S/C23H28N8O2/c1-3-18-24-16-6-4-5-7-17(16)31(18)23-26-21-20(22(27-23)30-8-10-33-11-9-30)25-19(28(21)2)14-29-12-15(32)13-29/h4-7,15,32H,3,8-14H2,1-2H3. The van der Waals surface area contributed by atoms with E-state index in [4.69, 9.17) is 24.7 Å². The number of rotatable bonds is 5. The summed E-state index contributed by atoms with van der Waals surface area (Å²) in [6.45, 7) is 7.00. The zero-order valence-electron chi connectivity index (χ0n) is 19.0. The first-order valence-electron chi connectivity index (χ1n) is 11.6. The van der Waals surface area contributed by atoms with E-state index >= 15 is 0 Å². The molecule has 0 radical (unpaired) electrons. The molecule has 2 aliphatic rings. The lowest BCUT2D eigenvalue weighted by Gasteiger charge is -2.35. The van der Waals surface area contributed by atoms with Crippen molar-refractivity contribution >= 4 is 28.0 Å². The lowest BCUT2D eigenvalue weighted by Crippen LogP contribution is -2.50. The number of anilines is 1.